The van der Waals surface area contributed by atoms with Crippen LogP contribution in [-0.2, 0) is 4.79 Å². The summed E-state index contributed by atoms with van der Waals surface area (Å²) in [5.41, 5.74) is 0.813. The number of aliphatic imine (C=N–C) groups is 1. The van der Waals surface area contributed by atoms with Gasteiger partial charge in [0.15, 0.2) is 5.17 Å². The topological polar surface area (TPSA) is 41.5 Å². The third-order valence-corrected chi connectivity index (χ3v) is 4.62. The first-order valence-corrected chi connectivity index (χ1v) is 8.06. The number of nitrogens with one attached hydrogen (secondary N) is 1. The Morgan fingerprint density at radius 2 is 1.90 bits per heavy atom. The number of nitrogens with zero attached hydrogens (tertiary/aromatic N) is 1. The molecule has 2 fully saturated rings. The van der Waals surface area contributed by atoms with Crippen LogP contribution in [0.15, 0.2) is 34.2 Å². The van der Waals surface area contributed by atoms with Crippen LogP contribution in [0.25, 0.3) is 6.08 Å². The Balaban J connectivity index is 1.72. The van der Waals surface area contributed by atoms with Crippen molar-refractivity contribution in [3.8, 4) is 0 Å². The summed E-state index contributed by atoms with van der Waals surface area (Å²) in [6.07, 6.45) is 7.71. The summed E-state index contributed by atoms with van der Waals surface area (Å²) >= 11 is 1.37. The highest BCUT2D eigenvalue weighted by Crippen LogP contribution is 2.28. The zero-order valence-corrected chi connectivity index (χ0v) is 12.5. The van der Waals surface area contributed by atoms with Gasteiger partial charge in [0, 0.05) is 0 Å². The molecule has 1 N–H and O–H groups in total. The van der Waals surface area contributed by atoms with Gasteiger partial charge in [-0.2, -0.15) is 0 Å². The molecule has 0 unspecified atom stereocenters. The molecule has 0 bridgehead atoms. The molecule has 0 spiro atoms. The summed E-state index contributed by atoms with van der Waals surface area (Å²) in [4.78, 5) is 17.2. The van der Waals surface area contributed by atoms with E-state index in [9.17, 15) is 9.18 Å². The summed E-state index contributed by atoms with van der Waals surface area (Å²) in [6, 6.07) is 6.44. The van der Waals surface area contributed by atoms with Gasteiger partial charge in [0.25, 0.3) is 5.91 Å². The third-order valence-electron chi connectivity index (χ3n) is 3.69. The van der Waals surface area contributed by atoms with Crippen molar-refractivity contribution in [3.63, 3.8) is 0 Å². The minimum atomic E-state index is -0.278. The van der Waals surface area contributed by atoms with Crippen LogP contribution in [0.4, 0.5) is 4.39 Å². The van der Waals surface area contributed by atoms with Gasteiger partial charge in [-0.1, -0.05) is 31.4 Å². The lowest BCUT2D eigenvalue weighted by molar-refractivity contribution is -0.115. The number of carbonyl (C=O) groups excluding carboxylic acids is 1. The van der Waals surface area contributed by atoms with Gasteiger partial charge in [-0.25, -0.2) is 4.39 Å². The van der Waals surface area contributed by atoms with Crippen LogP contribution in [0.3, 0.4) is 0 Å². The minimum Gasteiger partial charge on any atom is -0.301 e. The monoisotopic (exact) mass is 304 g/mol. The van der Waals surface area contributed by atoms with Crippen molar-refractivity contribution in [2.75, 3.05) is 0 Å². The van der Waals surface area contributed by atoms with Gasteiger partial charge in [-0.3, -0.25) is 9.79 Å². The highest BCUT2D eigenvalue weighted by molar-refractivity contribution is 8.18. The number of benzene rings is 1. The molecule has 5 heteroatoms. The maximum absolute atomic E-state index is 12.9. The fourth-order valence-electron chi connectivity index (χ4n) is 2.57. The van der Waals surface area contributed by atoms with Crippen molar-refractivity contribution in [1.82, 2.24) is 5.32 Å². The minimum absolute atomic E-state index is 0.126. The number of hydrogen-bond acceptors (Lipinski definition) is 3. The molecule has 3 rings (SSSR count). The van der Waals surface area contributed by atoms with E-state index in [1.54, 1.807) is 18.2 Å². The van der Waals surface area contributed by atoms with Crippen molar-refractivity contribution < 1.29 is 9.18 Å². The zero-order valence-electron chi connectivity index (χ0n) is 11.6. The molecule has 1 amide bonds. The molecule has 1 saturated carbocycles. The van der Waals surface area contributed by atoms with E-state index < -0.39 is 0 Å². The van der Waals surface area contributed by atoms with E-state index in [-0.39, 0.29) is 11.7 Å². The van der Waals surface area contributed by atoms with Gasteiger partial charge in [0.05, 0.1) is 10.9 Å². The van der Waals surface area contributed by atoms with E-state index >= 15 is 0 Å². The van der Waals surface area contributed by atoms with Gasteiger partial charge < -0.3 is 5.32 Å². The molecule has 2 aliphatic rings. The van der Waals surface area contributed by atoms with E-state index in [1.807, 2.05) is 0 Å². The van der Waals surface area contributed by atoms with Gasteiger partial charge in [0.1, 0.15) is 5.82 Å². The molecule has 1 saturated heterocycles. The van der Waals surface area contributed by atoms with E-state index in [0.29, 0.717) is 16.1 Å². The van der Waals surface area contributed by atoms with Crippen molar-refractivity contribution in [3.05, 3.63) is 40.6 Å². The Bertz CT molecular complexity index is 589. The summed E-state index contributed by atoms with van der Waals surface area (Å²) in [7, 11) is 0. The summed E-state index contributed by atoms with van der Waals surface area (Å²) in [6.45, 7) is 0. The molecule has 3 nitrogen and oxygen atoms in total. The van der Waals surface area contributed by atoms with Crippen molar-refractivity contribution >= 4 is 28.9 Å². The molecule has 0 atom stereocenters. The number of amidine groups is 1. The van der Waals surface area contributed by atoms with Crippen LogP contribution in [0.2, 0.25) is 0 Å². The molecule has 21 heavy (non-hydrogen) atoms. The van der Waals surface area contributed by atoms with Crippen LogP contribution in [0, 0.1) is 5.82 Å². The number of hydrogen-bond donors (Lipinski definition) is 1. The van der Waals surface area contributed by atoms with Crippen molar-refractivity contribution in [2.24, 2.45) is 4.99 Å². The second-order valence-electron chi connectivity index (χ2n) is 5.34. The molecule has 1 aliphatic heterocycles. The lowest BCUT2D eigenvalue weighted by atomic mass is 9.96. The fraction of sp³-hybridized carbons (Fsp3) is 0.375. The van der Waals surface area contributed by atoms with Gasteiger partial charge >= 0.3 is 0 Å². The first-order chi connectivity index (χ1) is 10.2. The Labute approximate surface area is 127 Å². The Kier molecular flexibility index (Phi) is 4.39. The van der Waals surface area contributed by atoms with E-state index in [1.165, 1.54) is 43.2 Å². The van der Waals surface area contributed by atoms with Crippen LogP contribution in [0.1, 0.15) is 37.7 Å². The van der Waals surface area contributed by atoms with Crippen LogP contribution >= 0.6 is 11.8 Å². The molecule has 1 aliphatic carbocycles. The molecule has 0 aromatic heterocycles. The van der Waals surface area contributed by atoms with Crippen LogP contribution in [-0.4, -0.2) is 17.1 Å². The lowest BCUT2D eigenvalue weighted by Gasteiger charge is -2.17. The summed E-state index contributed by atoms with van der Waals surface area (Å²) in [5.74, 6) is -0.404. The van der Waals surface area contributed by atoms with Gasteiger partial charge in [-0.15, -0.1) is 0 Å². The molecule has 1 aromatic rings. The second-order valence-corrected chi connectivity index (χ2v) is 6.37. The maximum atomic E-state index is 12.9. The van der Waals surface area contributed by atoms with Crippen molar-refractivity contribution in [1.29, 1.82) is 0 Å². The van der Waals surface area contributed by atoms with Crippen LogP contribution in [0.5, 0.6) is 0 Å². The molecular formula is C16H17FN2OS. The molecule has 1 aromatic carbocycles. The highest BCUT2D eigenvalue weighted by Gasteiger charge is 2.25. The normalized spacial score (nSPS) is 23.8. The average Bonchev–Trinajstić information content (AvgIpc) is 2.82. The first kappa shape index (κ1) is 14.3. The Hall–Kier alpha value is -1.62. The predicted molar refractivity (Wildman–Crippen MR) is 84.4 cm³/mol. The zero-order chi connectivity index (χ0) is 14.7. The van der Waals surface area contributed by atoms with Gasteiger partial charge in [-0.05, 0) is 48.4 Å². The SMILES string of the molecule is O=C1NC(=NC2CCCCC2)S/C1=C\c1ccc(F)cc1. The third kappa shape index (κ3) is 3.73. The molecule has 110 valence electrons. The number of halogens is 1. The van der Waals surface area contributed by atoms with E-state index in [4.69, 9.17) is 0 Å². The number of amides is 1. The fourth-order valence-corrected chi connectivity index (χ4v) is 3.47. The number of carbonyl (C=O) groups is 1. The smallest absolute Gasteiger partial charge is 0.264 e. The average molecular weight is 304 g/mol. The van der Waals surface area contributed by atoms with Gasteiger partial charge in [0.2, 0.25) is 0 Å². The summed E-state index contributed by atoms with van der Waals surface area (Å²) in [5, 5.41) is 3.51. The lowest BCUT2D eigenvalue weighted by Crippen LogP contribution is -2.22. The van der Waals surface area contributed by atoms with E-state index in [0.717, 1.165) is 18.4 Å². The molecule has 0 radical (unpaired) electrons. The second kappa shape index (κ2) is 6.43. The number of thioether (sulfide) groups is 1. The molecule has 1 heterocycles. The number of rotatable bonds is 2. The Morgan fingerprint density at radius 3 is 2.62 bits per heavy atom. The standard InChI is InChI=1S/C16H17FN2OS/c17-12-8-6-11(7-9-12)10-14-15(20)19-16(21-14)18-13-4-2-1-3-5-13/h6-10,13H,1-5H2,(H,18,19,20)/b14-10-. The summed E-state index contributed by atoms with van der Waals surface area (Å²) < 4.78 is 12.9. The highest BCUT2D eigenvalue weighted by atomic mass is 32.2. The van der Waals surface area contributed by atoms with Crippen LogP contribution < -0.4 is 5.32 Å². The Morgan fingerprint density at radius 1 is 1.19 bits per heavy atom. The maximum Gasteiger partial charge on any atom is 0.264 e. The molecular weight excluding hydrogens is 287 g/mol. The predicted octanol–water partition coefficient (Wildman–Crippen LogP) is 3.72. The largest absolute Gasteiger partial charge is 0.301 e. The van der Waals surface area contributed by atoms with Crippen molar-refractivity contribution in [2.45, 2.75) is 38.1 Å². The first-order valence-electron chi connectivity index (χ1n) is 7.25. The van der Waals surface area contributed by atoms with E-state index in [2.05, 4.69) is 10.3 Å². The quantitative estimate of drug-likeness (QED) is 0.846.